The maximum atomic E-state index is 12.2. The molecule has 2 rings (SSSR count). The van der Waals surface area contributed by atoms with Gasteiger partial charge in [-0.25, -0.2) is 9.59 Å². The Morgan fingerprint density at radius 3 is 2.54 bits per heavy atom. The fourth-order valence-electron chi connectivity index (χ4n) is 2.70. The lowest BCUT2D eigenvalue weighted by molar-refractivity contribution is -0.142. The predicted octanol–water partition coefficient (Wildman–Crippen LogP) is 2.62. The number of aliphatic carboxylic acids is 1. The molecule has 1 aromatic carbocycles. The van der Waals surface area contributed by atoms with Crippen molar-refractivity contribution in [1.82, 2.24) is 5.32 Å². The first-order valence-electron chi connectivity index (χ1n) is 8.07. The fourth-order valence-corrected chi connectivity index (χ4v) is 2.86. The van der Waals surface area contributed by atoms with Gasteiger partial charge in [-0.2, -0.15) is 0 Å². The number of carboxylic acid groups (broad SMARTS) is 1. The van der Waals surface area contributed by atoms with Crippen molar-refractivity contribution >= 4 is 34.4 Å². The molecule has 0 saturated carbocycles. The predicted molar refractivity (Wildman–Crippen MR) is 96.6 cm³/mol. The van der Waals surface area contributed by atoms with Gasteiger partial charge in [0.25, 0.3) is 0 Å². The molecular formula is C18H20ClNO6. The third-order valence-corrected chi connectivity index (χ3v) is 4.34. The Balaban J connectivity index is 2.32. The van der Waals surface area contributed by atoms with E-state index in [0.29, 0.717) is 10.9 Å². The molecule has 3 N–H and O–H groups in total. The number of hydrogen-bond acceptors (Lipinski definition) is 5. The molecule has 8 heteroatoms. The zero-order chi connectivity index (χ0) is 19.6. The Morgan fingerprint density at radius 2 is 1.96 bits per heavy atom. The van der Waals surface area contributed by atoms with Gasteiger partial charge in [0.1, 0.15) is 17.4 Å². The van der Waals surface area contributed by atoms with Gasteiger partial charge < -0.3 is 19.9 Å². The van der Waals surface area contributed by atoms with E-state index in [0.717, 1.165) is 0 Å². The van der Waals surface area contributed by atoms with E-state index in [9.17, 15) is 24.6 Å². The summed E-state index contributed by atoms with van der Waals surface area (Å²) in [5.74, 6) is -1.85. The van der Waals surface area contributed by atoms with Gasteiger partial charge in [-0.15, -0.1) is 0 Å². The van der Waals surface area contributed by atoms with Crippen LogP contribution >= 0.6 is 11.6 Å². The lowest BCUT2D eigenvalue weighted by Crippen LogP contribution is -2.42. The summed E-state index contributed by atoms with van der Waals surface area (Å²) in [6.07, 6.45) is -0.0360. The summed E-state index contributed by atoms with van der Waals surface area (Å²) >= 11 is 5.90. The summed E-state index contributed by atoms with van der Waals surface area (Å²) in [4.78, 5) is 35.7. The second kappa shape index (κ2) is 7.78. The normalized spacial score (nSPS) is 12.3. The lowest BCUT2D eigenvalue weighted by atomic mass is 10.0. The Kier molecular flexibility index (Phi) is 5.92. The minimum absolute atomic E-state index is 0.0821. The number of rotatable bonds is 6. The van der Waals surface area contributed by atoms with Crippen molar-refractivity contribution in [2.75, 3.05) is 0 Å². The van der Waals surface area contributed by atoms with Crippen molar-refractivity contribution in [1.29, 1.82) is 0 Å². The van der Waals surface area contributed by atoms with Crippen LogP contribution in [0.2, 0.25) is 5.02 Å². The molecule has 0 saturated heterocycles. The molecule has 0 radical (unpaired) electrons. The SMILES string of the molecule is Cc1c(CC(=O)N[C@@H](CC(C)C)C(=O)O)c(=O)oc2cc(O)c(Cl)cc12. The molecule has 1 atom stereocenters. The lowest BCUT2D eigenvalue weighted by Gasteiger charge is -2.16. The first-order chi connectivity index (χ1) is 12.1. The number of carbonyl (C=O) groups excluding carboxylic acids is 1. The van der Waals surface area contributed by atoms with Crippen molar-refractivity contribution in [3.05, 3.63) is 38.7 Å². The smallest absolute Gasteiger partial charge is 0.340 e. The number of phenols is 1. The maximum absolute atomic E-state index is 12.2. The van der Waals surface area contributed by atoms with E-state index in [4.69, 9.17) is 16.0 Å². The van der Waals surface area contributed by atoms with Crippen molar-refractivity contribution < 1.29 is 24.2 Å². The molecule has 1 aromatic heterocycles. The van der Waals surface area contributed by atoms with E-state index in [-0.39, 0.29) is 40.7 Å². The number of halogens is 1. The average molecular weight is 382 g/mol. The minimum atomic E-state index is -1.13. The highest BCUT2D eigenvalue weighted by Gasteiger charge is 2.23. The van der Waals surface area contributed by atoms with Crippen LogP contribution in [0.5, 0.6) is 5.75 Å². The van der Waals surface area contributed by atoms with E-state index in [1.165, 1.54) is 12.1 Å². The zero-order valence-electron chi connectivity index (χ0n) is 14.6. The average Bonchev–Trinajstić information content (AvgIpc) is 2.52. The van der Waals surface area contributed by atoms with E-state index < -0.39 is 23.5 Å². The van der Waals surface area contributed by atoms with Gasteiger partial charge in [0.05, 0.1) is 17.0 Å². The maximum Gasteiger partial charge on any atom is 0.340 e. The Bertz CT molecular complexity index is 918. The molecule has 0 bridgehead atoms. The largest absolute Gasteiger partial charge is 0.506 e. The van der Waals surface area contributed by atoms with Crippen molar-refractivity contribution in [3.63, 3.8) is 0 Å². The van der Waals surface area contributed by atoms with Gasteiger partial charge in [-0.05, 0) is 30.9 Å². The van der Waals surface area contributed by atoms with Crippen molar-refractivity contribution in [2.24, 2.45) is 5.92 Å². The third-order valence-electron chi connectivity index (χ3n) is 4.03. The highest BCUT2D eigenvalue weighted by molar-refractivity contribution is 6.32. The number of amides is 1. The summed E-state index contributed by atoms with van der Waals surface area (Å²) < 4.78 is 5.16. The van der Waals surface area contributed by atoms with Gasteiger partial charge in [0, 0.05) is 11.5 Å². The second-order valence-corrected chi connectivity index (χ2v) is 6.96. The van der Waals surface area contributed by atoms with Gasteiger partial charge >= 0.3 is 11.6 Å². The topological polar surface area (TPSA) is 117 Å². The molecule has 0 unspecified atom stereocenters. The number of carbonyl (C=O) groups is 2. The Labute approximate surface area is 154 Å². The molecule has 7 nitrogen and oxygen atoms in total. The molecule has 0 spiro atoms. The summed E-state index contributed by atoms with van der Waals surface area (Å²) in [6.45, 7) is 5.34. The number of fused-ring (bicyclic) bond motifs is 1. The molecule has 26 heavy (non-hydrogen) atoms. The highest BCUT2D eigenvalue weighted by Crippen LogP contribution is 2.30. The quantitative estimate of drug-likeness (QED) is 0.662. The van der Waals surface area contributed by atoms with E-state index in [1.54, 1.807) is 6.92 Å². The van der Waals surface area contributed by atoms with E-state index >= 15 is 0 Å². The van der Waals surface area contributed by atoms with Crippen molar-refractivity contribution in [2.45, 2.75) is 39.7 Å². The number of benzene rings is 1. The standard InChI is InChI=1S/C18H20ClNO6/c1-8(2)4-13(17(23)24)20-16(22)6-11-9(3)10-5-12(19)14(21)7-15(10)26-18(11)25/h5,7-8,13,21H,4,6H2,1-3H3,(H,20,22)(H,23,24)/t13-/m0/s1. The Hall–Kier alpha value is -2.54. The molecule has 0 aliphatic heterocycles. The van der Waals surface area contributed by atoms with Crippen LogP contribution in [0.25, 0.3) is 11.0 Å². The van der Waals surface area contributed by atoms with Crippen LogP contribution in [-0.4, -0.2) is 28.1 Å². The van der Waals surface area contributed by atoms with Gasteiger partial charge in [-0.3, -0.25) is 4.79 Å². The van der Waals surface area contributed by atoms with Crippen molar-refractivity contribution in [3.8, 4) is 5.75 Å². The summed E-state index contributed by atoms with van der Waals surface area (Å²) in [7, 11) is 0. The number of aryl methyl sites for hydroxylation is 1. The molecule has 1 heterocycles. The van der Waals surface area contributed by atoms with E-state index in [2.05, 4.69) is 5.32 Å². The monoisotopic (exact) mass is 381 g/mol. The van der Waals surface area contributed by atoms with Gasteiger partial charge in [-0.1, -0.05) is 25.4 Å². The van der Waals surface area contributed by atoms with Gasteiger partial charge in [0.2, 0.25) is 5.91 Å². The first kappa shape index (κ1) is 19.8. The molecule has 140 valence electrons. The zero-order valence-corrected chi connectivity index (χ0v) is 15.4. The van der Waals surface area contributed by atoms with Crippen LogP contribution in [0.15, 0.2) is 21.3 Å². The molecule has 1 amide bonds. The van der Waals surface area contributed by atoms with Crippen LogP contribution in [0.1, 0.15) is 31.4 Å². The fraction of sp³-hybridized carbons (Fsp3) is 0.389. The third kappa shape index (κ3) is 4.35. The molecule has 0 aliphatic carbocycles. The van der Waals surface area contributed by atoms with Crippen LogP contribution in [0.3, 0.4) is 0 Å². The van der Waals surface area contributed by atoms with Crippen LogP contribution < -0.4 is 10.9 Å². The number of aromatic hydroxyl groups is 1. The van der Waals surface area contributed by atoms with Crippen LogP contribution in [0.4, 0.5) is 0 Å². The van der Waals surface area contributed by atoms with Crippen LogP contribution in [0, 0.1) is 12.8 Å². The highest BCUT2D eigenvalue weighted by atomic mass is 35.5. The number of carboxylic acids is 1. The van der Waals surface area contributed by atoms with E-state index in [1.807, 2.05) is 13.8 Å². The summed E-state index contributed by atoms with van der Waals surface area (Å²) in [5.41, 5.74) is 0.0406. The van der Waals surface area contributed by atoms with Gasteiger partial charge in [0.15, 0.2) is 0 Å². The minimum Gasteiger partial charge on any atom is -0.506 e. The number of nitrogens with one attached hydrogen (secondary N) is 1. The molecular weight excluding hydrogens is 362 g/mol. The molecule has 2 aromatic rings. The molecule has 0 aliphatic rings. The number of hydrogen-bond donors (Lipinski definition) is 3. The first-order valence-corrected chi connectivity index (χ1v) is 8.45. The second-order valence-electron chi connectivity index (χ2n) is 6.56. The summed E-state index contributed by atoms with van der Waals surface area (Å²) in [5, 5.41) is 21.9. The number of phenolic OH excluding ortho intramolecular Hbond substituents is 1. The molecule has 0 fully saturated rings. The van der Waals surface area contributed by atoms with Crippen LogP contribution in [-0.2, 0) is 16.0 Å². The Morgan fingerprint density at radius 1 is 1.31 bits per heavy atom. The summed E-state index contributed by atoms with van der Waals surface area (Å²) in [6, 6.07) is 1.66.